The average molecular weight is 495 g/mol. The number of likely N-dealkylation sites (tertiary alicyclic amines) is 1. The minimum absolute atomic E-state index is 0.0416. The minimum Gasteiger partial charge on any atom is -0.488 e. The van der Waals surface area contributed by atoms with Crippen LogP contribution in [-0.4, -0.2) is 85.9 Å². The van der Waals surface area contributed by atoms with Crippen LogP contribution in [0.3, 0.4) is 0 Å². The molecule has 0 bridgehead atoms. The molecule has 0 radical (unpaired) electrons. The van der Waals surface area contributed by atoms with Crippen LogP contribution >= 0.6 is 0 Å². The lowest BCUT2D eigenvalue weighted by Gasteiger charge is -2.36. The first-order chi connectivity index (χ1) is 15.9. The molecule has 4 rings (SSSR count). The van der Waals surface area contributed by atoms with Gasteiger partial charge in [0.2, 0.25) is 10.0 Å². The van der Waals surface area contributed by atoms with Crippen molar-refractivity contribution in [2.24, 2.45) is 5.92 Å². The van der Waals surface area contributed by atoms with Crippen molar-refractivity contribution in [1.82, 2.24) is 14.2 Å². The van der Waals surface area contributed by atoms with Gasteiger partial charge in [0.1, 0.15) is 23.3 Å². The molecular weight excluding hydrogens is 456 g/mol. The Morgan fingerprint density at radius 3 is 2.38 bits per heavy atom. The Hall–Kier alpha value is -2.07. The van der Waals surface area contributed by atoms with Gasteiger partial charge in [0.15, 0.2) is 0 Å². The lowest BCUT2D eigenvalue weighted by atomic mass is 9.89. The normalized spacial score (nSPS) is 22.6. The molecule has 4 heterocycles. The molecule has 1 atom stereocenters. The van der Waals surface area contributed by atoms with Crippen molar-refractivity contribution in [2.45, 2.75) is 70.6 Å². The van der Waals surface area contributed by atoms with Crippen LogP contribution in [0.5, 0.6) is 5.75 Å². The fourth-order valence-corrected chi connectivity index (χ4v) is 5.86. The van der Waals surface area contributed by atoms with Crippen molar-refractivity contribution < 1.29 is 22.7 Å². The summed E-state index contributed by atoms with van der Waals surface area (Å²) in [6.45, 7) is 8.61. The molecule has 2 saturated heterocycles. The van der Waals surface area contributed by atoms with Gasteiger partial charge in [0.05, 0.1) is 12.5 Å². The molecule has 0 N–H and O–H groups in total. The molecule has 0 aliphatic carbocycles. The van der Waals surface area contributed by atoms with E-state index in [0.29, 0.717) is 19.0 Å². The number of carbonyl (C=O) groups is 1. The highest BCUT2D eigenvalue weighted by Gasteiger charge is 2.36. The third-order valence-corrected chi connectivity index (χ3v) is 8.52. The van der Waals surface area contributed by atoms with E-state index in [0.717, 1.165) is 56.8 Å². The van der Waals surface area contributed by atoms with E-state index in [9.17, 15) is 13.2 Å². The van der Waals surface area contributed by atoms with Gasteiger partial charge in [0.25, 0.3) is 0 Å². The molecular formula is C24H38N4O5S. The van der Waals surface area contributed by atoms with Gasteiger partial charge < -0.3 is 19.3 Å². The van der Waals surface area contributed by atoms with Crippen LogP contribution in [0.1, 0.15) is 52.0 Å². The van der Waals surface area contributed by atoms with E-state index in [4.69, 9.17) is 9.47 Å². The third kappa shape index (κ3) is 5.76. The van der Waals surface area contributed by atoms with Crippen LogP contribution in [0.15, 0.2) is 12.3 Å². The van der Waals surface area contributed by atoms with Crippen molar-refractivity contribution in [3.05, 3.63) is 17.8 Å². The number of rotatable bonds is 4. The molecule has 9 nitrogen and oxygen atoms in total. The number of hydrogen-bond acceptors (Lipinski definition) is 7. The van der Waals surface area contributed by atoms with Crippen LogP contribution in [-0.2, 0) is 21.2 Å². The summed E-state index contributed by atoms with van der Waals surface area (Å²) in [6.07, 6.45) is 7.21. The summed E-state index contributed by atoms with van der Waals surface area (Å²) in [5, 5.41) is 0. The lowest BCUT2D eigenvalue weighted by molar-refractivity contribution is 0.0123. The van der Waals surface area contributed by atoms with Gasteiger partial charge in [-0.05, 0) is 58.4 Å². The van der Waals surface area contributed by atoms with Crippen molar-refractivity contribution in [3.63, 3.8) is 0 Å². The average Bonchev–Trinajstić information content (AvgIpc) is 3.20. The van der Waals surface area contributed by atoms with Crippen LogP contribution < -0.4 is 9.64 Å². The number of anilines is 1. The summed E-state index contributed by atoms with van der Waals surface area (Å²) in [5.41, 5.74) is 0.702. The summed E-state index contributed by atoms with van der Waals surface area (Å²) in [4.78, 5) is 21.0. The van der Waals surface area contributed by atoms with Crippen molar-refractivity contribution in [2.75, 3.05) is 44.4 Å². The first-order valence-electron chi connectivity index (χ1n) is 12.2. The predicted octanol–water partition coefficient (Wildman–Crippen LogP) is 2.89. The quantitative estimate of drug-likeness (QED) is 0.635. The second kappa shape index (κ2) is 9.53. The minimum atomic E-state index is -3.17. The van der Waals surface area contributed by atoms with E-state index in [-0.39, 0.29) is 18.2 Å². The van der Waals surface area contributed by atoms with Crippen LogP contribution in [0, 0.1) is 5.92 Å². The van der Waals surface area contributed by atoms with Gasteiger partial charge in [-0.1, -0.05) is 0 Å². The van der Waals surface area contributed by atoms with Gasteiger partial charge in [0, 0.05) is 51.3 Å². The molecule has 3 aliphatic heterocycles. The zero-order chi connectivity index (χ0) is 24.7. The molecule has 3 aliphatic rings. The van der Waals surface area contributed by atoms with E-state index in [2.05, 4.69) is 16.0 Å². The zero-order valence-electron chi connectivity index (χ0n) is 21.0. The molecule has 10 heteroatoms. The first kappa shape index (κ1) is 25.0. The first-order valence-corrected chi connectivity index (χ1v) is 14.1. The molecule has 1 amide bonds. The number of fused-ring (bicyclic) bond motifs is 1. The highest BCUT2D eigenvalue weighted by atomic mass is 32.2. The Kier molecular flexibility index (Phi) is 7.01. The molecule has 190 valence electrons. The van der Waals surface area contributed by atoms with E-state index in [1.165, 1.54) is 16.1 Å². The highest BCUT2D eigenvalue weighted by molar-refractivity contribution is 7.88. The third-order valence-electron chi connectivity index (χ3n) is 7.18. The molecule has 1 unspecified atom stereocenters. The number of pyridine rings is 1. The Balaban J connectivity index is 1.30. The standard InChI is InChI=1S/C24H38N4O5S/c1-24(2,3)33-23(29)28-10-6-17(7-11-28)20-14-18-15-22(25-16-21(18)32-20)27-12-8-19(9-13-27)26(4)34(5,30)31/h15-17,19-20H,6-14H2,1-5H3. The summed E-state index contributed by atoms with van der Waals surface area (Å²) in [7, 11) is -1.51. The number of hydrogen-bond donors (Lipinski definition) is 0. The SMILES string of the molecule is CN(C1CCN(c2cc3c(cn2)OC(C2CCN(C(=O)OC(C)(C)C)CC2)C3)CC1)S(C)(=O)=O. The topological polar surface area (TPSA) is 92.3 Å². The Morgan fingerprint density at radius 1 is 1.15 bits per heavy atom. The van der Waals surface area contributed by atoms with E-state index >= 15 is 0 Å². The number of aromatic nitrogens is 1. The van der Waals surface area contributed by atoms with Gasteiger partial charge in [-0.3, -0.25) is 0 Å². The van der Waals surface area contributed by atoms with E-state index in [1.54, 1.807) is 11.9 Å². The molecule has 1 aromatic rings. The molecule has 34 heavy (non-hydrogen) atoms. The molecule has 0 saturated carbocycles. The summed E-state index contributed by atoms with van der Waals surface area (Å²) in [6, 6.07) is 2.17. The number of nitrogens with zero attached hydrogens (tertiary/aromatic N) is 4. The molecule has 2 fully saturated rings. The Bertz CT molecular complexity index is 993. The van der Waals surface area contributed by atoms with Gasteiger partial charge in [-0.2, -0.15) is 0 Å². The number of amides is 1. The zero-order valence-corrected chi connectivity index (χ0v) is 21.8. The van der Waals surface area contributed by atoms with E-state index in [1.807, 2.05) is 27.0 Å². The largest absolute Gasteiger partial charge is 0.488 e. The second-order valence-corrected chi connectivity index (χ2v) is 12.9. The maximum Gasteiger partial charge on any atom is 0.410 e. The van der Waals surface area contributed by atoms with Crippen LogP contribution in [0.2, 0.25) is 0 Å². The number of carbonyl (C=O) groups excluding carboxylic acids is 1. The smallest absolute Gasteiger partial charge is 0.410 e. The van der Waals surface area contributed by atoms with Crippen molar-refractivity contribution in [3.8, 4) is 5.75 Å². The number of piperidine rings is 2. The van der Waals surface area contributed by atoms with Crippen LogP contribution in [0.25, 0.3) is 0 Å². The Morgan fingerprint density at radius 2 is 1.79 bits per heavy atom. The maximum absolute atomic E-state index is 12.3. The van der Waals surface area contributed by atoms with Gasteiger partial charge >= 0.3 is 6.09 Å². The molecule has 0 aromatic carbocycles. The maximum atomic E-state index is 12.3. The Labute approximate surface area is 203 Å². The highest BCUT2D eigenvalue weighted by Crippen LogP contribution is 2.37. The van der Waals surface area contributed by atoms with E-state index < -0.39 is 15.6 Å². The summed E-state index contributed by atoms with van der Waals surface area (Å²) >= 11 is 0. The number of sulfonamides is 1. The van der Waals surface area contributed by atoms with Crippen LogP contribution in [0.4, 0.5) is 10.6 Å². The number of ether oxygens (including phenoxy) is 2. The fourth-order valence-electron chi connectivity index (χ4n) is 5.10. The molecule has 0 spiro atoms. The van der Waals surface area contributed by atoms with Gasteiger partial charge in [-0.25, -0.2) is 22.5 Å². The fraction of sp³-hybridized carbons (Fsp3) is 0.750. The van der Waals surface area contributed by atoms with Crippen molar-refractivity contribution in [1.29, 1.82) is 0 Å². The monoisotopic (exact) mass is 494 g/mol. The summed E-state index contributed by atoms with van der Waals surface area (Å²) < 4.78 is 36.9. The lowest BCUT2D eigenvalue weighted by Crippen LogP contribution is -2.45. The molecule has 1 aromatic heterocycles. The second-order valence-electron chi connectivity index (χ2n) is 10.8. The van der Waals surface area contributed by atoms with Crippen molar-refractivity contribution >= 4 is 21.9 Å². The predicted molar refractivity (Wildman–Crippen MR) is 131 cm³/mol. The van der Waals surface area contributed by atoms with Gasteiger partial charge in [-0.15, -0.1) is 0 Å². The summed E-state index contributed by atoms with van der Waals surface area (Å²) in [5.74, 6) is 2.19.